The number of aromatic nitrogens is 1. The van der Waals surface area contributed by atoms with E-state index in [-0.39, 0.29) is 11.5 Å². The van der Waals surface area contributed by atoms with Crippen molar-refractivity contribution in [3.63, 3.8) is 0 Å². The molecule has 6 heteroatoms. The second-order valence-electron chi connectivity index (χ2n) is 7.27. The Hall–Kier alpha value is -4.63. The van der Waals surface area contributed by atoms with E-state index in [1.54, 1.807) is 30.3 Å². The molecule has 1 N–H and O–H groups in total. The minimum atomic E-state index is -1.06. The van der Waals surface area contributed by atoms with Crippen molar-refractivity contribution in [1.82, 2.24) is 4.98 Å². The molecule has 4 rings (SSSR count). The Morgan fingerprint density at radius 2 is 1.70 bits per heavy atom. The number of nitrogens with zero attached hydrogens (tertiary/aromatic N) is 2. The van der Waals surface area contributed by atoms with Gasteiger partial charge in [0, 0.05) is 11.1 Å². The normalized spacial score (nSPS) is 12.1. The quantitative estimate of drug-likeness (QED) is 0.361. The lowest BCUT2D eigenvalue weighted by molar-refractivity contribution is -0.144. The van der Waals surface area contributed by atoms with Gasteiger partial charge in [-0.15, -0.1) is 0 Å². The van der Waals surface area contributed by atoms with Gasteiger partial charge >= 0.3 is 5.97 Å². The second kappa shape index (κ2) is 9.67. The number of hydrogen-bond acceptors (Lipinski definition) is 5. The Labute approximate surface area is 191 Å². The van der Waals surface area contributed by atoms with Crippen LogP contribution in [0, 0.1) is 11.3 Å². The van der Waals surface area contributed by atoms with Gasteiger partial charge in [-0.3, -0.25) is 0 Å². The van der Waals surface area contributed by atoms with Crippen molar-refractivity contribution >= 4 is 17.6 Å². The summed E-state index contributed by atoms with van der Waals surface area (Å²) in [7, 11) is 0. The molecule has 0 aliphatic rings. The Balaban J connectivity index is 1.75. The summed E-state index contributed by atoms with van der Waals surface area (Å²) >= 11 is 0. The lowest BCUT2D eigenvalue weighted by atomic mass is 10.1. The van der Waals surface area contributed by atoms with E-state index in [1.165, 1.54) is 6.92 Å². The third-order valence-electron chi connectivity index (χ3n) is 4.89. The molecule has 6 nitrogen and oxygen atoms in total. The number of oxazole rings is 1. The smallest absolute Gasteiger partial charge is 0.344 e. The SMILES string of the molecule is CC(Oc1cccc(/C=C(\C#N)c2nc(-c3ccccc3)c(-c3ccccc3)o2)c1)C(=O)O. The molecule has 0 radical (unpaired) electrons. The lowest BCUT2D eigenvalue weighted by Crippen LogP contribution is -2.22. The van der Waals surface area contributed by atoms with Crippen molar-refractivity contribution in [1.29, 1.82) is 5.26 Å². The van der Waals surface area contributed by atoms with Gasteiger partial charge in [-0.25, -0.2) is 9.78 Å². The number of carboxylic acids is 1. The third kappa shape index (κ3) is 5.00. The molecule has 1 unspecified atom stereocenters. The second-order valence-corrected chi connectivity index (χ2v) is 7.27. The van der Waals surface area contributed by atoms with Gasteiger partial charge in [0.1, 0.15) is 23.1 Å². The van der Waals surface area contributed by atoms with Crippen LogP contribution >= 0.6 is 0 Å². The standard InChI is InChI=1S/C27H20N2O4/c1-18(27(30)31)32-23-14-8-9-19(16-23)15-22(17-28)26-29-24(20-10-4-2-5-11-20)25(33-26)21-12-6-3-7-13-21/h2-16,18H,1H3,(H,30,31)/b22-15+. The molecule has 3 aromatic carbocycles. The van der Waals surface area contributed by atoms with Gasteiger partial charge < -0.3 is 14.3 Å². The fourth-order valence-electron chi connectivity index (χ4n) is 3.25. The lowest BCUT2D eigenvalue weighted by Gasteiger charge is -2.10. The summed E-state index contributed by atoms with van der Waals surface area (Å²) in [6, 6.07) is 28.2. The first-order chi connectivity index (χ1) is 16.0. The highest BCUT2D eigenvalue weighted by atomic mass is 16.5. The summed E-state index contributed by atoms with van der Waals surface area (Å²) in [6.07, 6.45) is 0.640. The number of hydrogen-bond donors (Lipinski definition) is 1. The highest BCUT2D eigenvalue weighted by Gasteiger charge is 2.19. The molecule has 0 saturated carbocycles. The fraction of sp³-hybridized carbons (Fsp3) is 0.0741. The van der Waals surface area contributed by atoms with Crippen molar-refractivity contribution in [2.75, 3.05) is 0 Å². The molecule has 162 valence electrons. The van der Waals surface area contributed by atoms with E-state index in [1.807, 2.05) is 60.7 Å². The first-order valence-corrected chi connectivity index (χ1v) is 10.3. The molecule has 0 fully saturated rings. The summed E-state index contributed by atoms with van der Waals surface area (Å²) in [5.41, 5.74) is 3.26. The number of ether oxygens (including phenoxy) is 1. The summed E-state index contributed by atoms with van der Waals surface area (Å²) < 4.78 is 11.5. The summed E-state index contributed by atoms with van der Waals surface area (Å²) in [4.78, 5) is 15.7. The number of aliphatic carboxylic acids is 1. The topological polar surface area (TPSA) is 96.4 Å². The zero-order valence-electron chi connectivity index (χ0n) is 17.8. The Kier molecular flexibility index (Phi) is 6.33. The van der Waals surface area contributed by atoms with Crippen LogP contribution in [0.3, 0.4) is 0 Å². The Morgan fingerprint density at radius 1 is 1.03 bits per heavy atom. The maximum Gasteiger partial charge on any atom is 0.344 e. The van der Waals surface area contributed by atoms with E-state index in [0.717, 1.165) is 11.1 Å². The molecule has 0 amide bonds. The fourth-order valence-corrected chi connectivity index (χ4v) is 3.25. The van der Waals surface area contributed by atoms with E-state index >= 15 is 0 Å². The minimum absolute atomic E-state index is 0.195. The van der Waals surface area contributed by atoms with Crippen molar-refractivity contribution < 1.29 is 19.1 Å². The molecular weight excluding hydrogens is 416 g/mol. The van der Waals surface area contributed by atoms with E-state index in [0.29, 0.717) is 22.8 Å². The van der Waals surface area contributed by atoms with Crippen molar-refractivity contribution in [3.8, 4) is 34.4 Å². The first kappa shape index (κ1) is 21.6. The van der Waals surface area contributed by atoms with E-state index in [9.17, 15) is 10.1 Å². The first-order valence-electron chi connectivity index (χ1n) is 10.3. The Morgan fingerprint density at radius 3 is 2.33 bits per heavy atom. The number of rotatable bonds is 7. The van der Waals surface area contributed by atoms with E-state index in [2.05, 4.69) is 11.1 Å². The van der Waals surface area contributed by atoms with Crippen LogP contribution in [0.1, 0.15) is 18.4 Å². The van der Waals surface area contributed by atoms with Gasteiger partial charge in [0.2, 0.25) is 5.89 Å². The van der Waals surface area contributed by atoms with Crippen LogP contribution in [0.5, 0.6) is 5.75 Å². The van der Waals surface area contributed by atoms with Crippen LogP contribution in [0.25, 0.3) is 34.2 Å². The molecule has 0 aliphatic carbocycles. The van der Waals surface area contributed by atoms with Crippen LogP contribution in [0.2, 0.25) is 0 Å². The average molecular weight is 436 g/mol. The zero-order valence-corrected chi connectivity index (χ0v) is 17.8. The number of carbonyl (C=O) groups is 1. The molecule has 4 aromatic rings. The Bertz CT molecular complexity index is 1280. The van der Waals surface area contributed by atoms with Crippen molar-refractivity contribution in [3.05, 3.63) is 96.4 Å². The monoisotopic (exact) mass is 436 g/mol. The third-order valence-corrected chi connectivity index (χ3v) is 4.89. The van der Waals surface area contributed by atoms with Crippen LogP contribution in [-0.2, 0) is 4.79 Å². The van der Waals surface area contributed by atoms with Crippen LogP contribution in [0.15, 0.2) is 89.3 Å². The zero-order chi connectivity index (χ0) is 23.2. The highest BCUT2D eigenvalue weighted by molar-refractivity contribution is 5.89. The van der Waals surface area contributed by atoms with E-state index < -0.39 is 12.1 Å². The molecular formula is C27H20N2O4. The summed E-state index contributed by atoms with van der Waals surface area (Å²) in [5.74, 6) is 0.0966. The van der Waals surface area contributed by atoms with Crippen LogP contribution in [0.4, 0.5) is 0 Å². The summed E-state index contributed by atoms with van der Waals surface area (Å²) in [6.45, 7) is 1.45. The summed E-state index contributed by atoms with van der Waals surface area (Å²) in [5, 5.41) is 18.9. The van der Waals surface area contributed by atoms with Crippen LogP contribution in [-0.4, -0.2) is 22.2 Å². The van der Waals surface area contributed by atoms with E-state index in [4.69, 9.17) is 14.3 Å². The van der Waals surface area contributed by atoms with Gasteiger partial charge in [-0.2, -0.15) is 5.26 Å². The van der Waals surface area contributed by atoms with Crippen molar-refractivity contribution in [2.24, 2.45) is 0 Å². The van der Waals surface area contributed by atoms with Gasteiger partial charge in [-0.05, 0) is 30.7 Å². The van der Waals surface area contributed by atoms with Crippen LogP contribution < -0.4 is 4.74 Å². The number of nitriles is 1. The highest BCUT2D eigenvalue weighted by Crippen LogP contribution is 2.35. The molecule has 0 spiro atoms. The predicted octanol–water partition coefficient (Wildman–Crippen LogP) is 5.92. The van der Waals surface area contributed by atoms with Gasteiger partial charge in [-0.1, -0.05) is 72.8 Å². The number of carboxylic acid groups (broad SMARTS) is 1. The molecule has 1 heterocycles. The maximum absolute atomic E-state index is 11.1. The maximum atomic E-state index is 11.1. The molecule has 0 bridgehead atoms. The molecule has 1 aromatic heterocycles. The van der Waals surface area contributed by atoms with Crippen molar-refractivity contribution in [2.45, 2.75) is 13.0 Å². The predicted molar refractivity (Wildman–Crippen MR) is 125 cm³/mol. The molecule has 0 saturated heterocycles. The number of allylic oxidation sites excluding steroid dienone is 1. The minimum Gasteiger partial charge on any atom is -0.479 e. The van der Waals surface area contributed by atoms with Gasteiger partial charge in [0.25, 0.3) is 0 Å². The molecule has 0 aliphatic heterocycles. The molecule has 33 heavy (non-hydrogen) atoms. The van der Waals surface area contributed by atoms with Gasteiger partial charge in [0.15, 0.2) is 11.9 Å². The average Bonchev–Trinajstić information content (AvgIpc) is 3.29. The number of benzene rings is 3. The van der Waals surface area contributed by atoms with Gasteiger partial charge in [0.05, 0.1) is 0 Å². The molecule has 1 atom stereocenters. The largest absolute Gasteiger partial charge is 0.479 e.